The summed E-state index contributed by atoms with van der Waals surface area (Å²) in [6.07, 6.45) is 2.39. The van der Waals surface area contributed by atoms with Crippen molar-refractivity contribution >= 4 is 29.3 Å². The predicted octanol–water partition coefficient (Wildman–Crippen LogP) is 5.12. The van der Waals surface area contributed by atoms with Crippen LogP contribution in [0.15, 0.2) is 59.1 Å². The van der Waals surface area contributed by atoms with Crippen LogP contribution in [0.4, 0.5) is 4.39 Å². The van der Waals surface area contributed by atoms with E-state index in [2.05, 4.69) is 10.3 Å². The zero-order valence-electron chi connectivity index (χ0n) is 15.2. The maximum atomic E-state index is 13.5. The number of aryl methyl sites for hydroxylation is 1. The molecule has 0 fully saturated rings. The summed E-state index contributed by atoms with van der Waals surface area (Å²) in [7, 11) is 0. The van der Waals surface area contributed by atoms with E-state index < -0.39 is 0 Å². The number of carbonyl (C=O) groups is 1. The number of aromatic nitrogens is 1. The summed E-state index contributed by atoms with van der Waals surface area (Å²) in [5.41, 5.74) is 1.57. The molecule has 4 nitrogen and oxygen atoms in total. The van der Waals surface area contributed by atoms with Crippen LogP contribution in [0.2, 0.25) is 5.02 Å². The number of rotatable bonds is 9. The number of thioether (sulfide) groups is 1. The van der Waals surface area contributed by atoms with Gasteiger partial charge in [0, 0.05) is 41.5 Å². The van der Waals surface area contributed by atoms with Gasteiger partial charge in [0.25, 0.3) is 0 Å². The Balaban J connectivity index is 1.34. The molecule has 0 unspecified atom stereocenters. The van der Waals surface area contributed by atoms with E-state index in [4.69, 9.17) is 16.0 Å². The maximum absolute atomic E-state index is 13.5. The van der Waals surface area contributed by atoms with E-state index in [0.717, 1.165) is 11.3 Å². The topological polar surface area (TPSA) is 55.1 Å². The summed E-state index contributed by atoms with van der Waals surface area (Å²) in [6, 6.07) is 14.0. The highest BCUT2D eigenvalue weighted by atomic mass is 35.5. The fourth-order valence-corrected chi connectivity index (χ4v) is 3.51. The van der Waals surface area contributed by atoms with E-state index in [-0.39, 0.29) is 11.7 Å². The highest BCUT2D eigenvalue weighted by Gasteiger charge is 2.09. The fourth-order valence-electron chi connectivity index (χ4n) is 2.54. The molecular formula is C21H20ClFN2O2S. The van der Waals surface area contributed by atoms with Gasteiger partial charge in [-0.05, 0) is 35.9 Å². The van der Waals surface area contributed by atoms with Crippen molar-refractivity contribution in [2.24, 2.45) is 0 Å². The van der Waals surface area contributed by atoms with Gasteiger partial charge < -0.3 is 9.73 Å². The van der Waals surface area contributed by atoms with Crippen LogP contribution < -0.4 is 5.32 Å². The normalized spacial score (nSPS) is 10.8. The second kappa shape index (κ2) is 10.3. The van der Waals surface area contributed by atoms with E-state index in [1.807, 2.05) is 18.2 Å². The van der Waals surface area contributed by atoms with Crippen molar-refractivity contribution in [3.63, 3.8) is 0 Å². The van der Waals surface area contributed by atoms with Gasteiger partial charge in [-0.3, -0.25) is 4.79 Å². The van der Waals surface area contributed by atoms with Crippen molar-refractivity contribution in [1.82, 2.24) is 10.3 Å². The molecule has 3 aromatic rings. The molecule has 0 radical (unpaired) electrons. The van der Waals surface area contributed by atoms with E-state index >= 15 is 0 Å². The van der Waals surface area contributed by atoms with Crippen LogP contribution in [0.3, 0.4) is 0 Å². The number of oxazole rings is 1. The molecule has 1 N–H and O–H groups in total. The number of nitrogens with zero attached hydrogens (tertiary/aromatic N) is 1. The predicted molar refractivity (Wildman–Crippen MR) is 111 cm³/mol. The highest BCUT2D eigenvalue weighted by molar-refractivity contribution is 7.98. The first-order valence-electron chi connectivity index (χ1n) is 8.90. The number of amides is 1. The number of nitrogens with one attached hydrogen (secondary N) is 1. The van der Waals surface area contributed by atoms with Gasteiger partial charge in [0.2, 0.25) is 5.91 Å². The van der Waals surface area contributed by atoms with Crippen molar-refractivity contribution in [2.45, 2.75) is 18.6 Å². The summed E-state index contributed by atoms with van der Waals surface area (Å²) in [6.45, 7) is 0.541. The van der Waals surface area contributed by atoms with Crippen LogP contribution in [0.1, 0.15) is 17.9 Å². The number of hydrogen-bond acceptors (Lipinski definition) is 4. The molecule has 146 valence electrons. The van der Waals surface area contributed by atoms with Gasteiger partial charge in [0.15, 0.2) is 11.7 Å². The molecule has 0 bridgehead atoms. The minimum absolute atomic E-state index is 0.0577. The molecule has 1 heterocycles. The lowest BCUT2D eigenvalue weighted by molar-refractivity contribution is -0.121. The van der Waals surface area contributed by atoms with Crippen molar-refractivity contribution in [2.75, 3.05) is 12.3 Å². The monoisotopic (exact) mass is 418 g/mol. The third kappa shape index (κ3) is 6.11. The van der Waals surface area contributed by atoms with Crippen LogP contribution >= 0.6 is 23.4 Å². The van der Waals surface area contributed by atoms with Gasteiger partial charge in [-0.2, -0.15) is 11.8 Å². The Morgan fingerprint density at radius 2 is 1.96 bits per heavy atom. The number of hydrogen-bond donors (Lipinski definition) is 1. The molecule has 3 rings (SSSR count). The van der Waals surface area contributed by atoms with Gasteiger partial charge in [0.1, 0.15) is 5.82 Å². The summed E-state index contributed by atoms with van der Waals surface area (Å²) in [5, 5.41) is 3.52. The molecule has 0 aliphatic carbocycles. The zero-order valence-corrected chi connectivity index (χ0v) is 16.7. The van der Waals surface area contributed by atoms with E-state index in [0.29, 0.717) is 47.4 Å². The Labute approximate surface area is 172 Å². The van der Waals surface area contributed by atoms with Crippen LogP contribution in [-0.4, -0.2) is 23.2 Å². The lowest BCUT2D eigenvalue weighted by Crippen LogP contribution is -2.26. The largest absolute Gasteiger partial charge is 0.441 e. The van der Waals surface area contributed by atoms with Gasteiger partial charge >= 0.3 is 0 Å². The maximum Gasteiger partial charge on any atom is 0.220 e. The van der Waals surface area contributed by atoms with Crippen molar-refractivity contribution in [3.05, 3.63) is 77.0 Å². The van der Waals surface area contributed by atoms with E-state index in [9.17, 15) is 9.18 Å². The molecule has 0 spiro atoms. The second-order valence-corrected chi connectivity index (χ2v) is 7.66. The third-order valence-electron chi connectivity index (χ3n) is 4.03. The summed E-state index contributed by atoms with van der Waals surface area (Å²) in [5.74, 6) is 2.23. The third-order valence-corrected chi connectivity index (χ3v) is 5.29. The minimum atomic E-state index is -0.192. The first-order chi connectivity index (χ1) is 13.6. The van der Waals surface area contributed by atoms with Gasteiger partial charge in [0.05, 0.1) is 6.20 Å². The molecule has 0 atom stereocenters. The van der Waals surface area contributed by atoms with E-state index in [1.54, 1.807) is 42.2 Å². The van der Waals surface area contributed by atoms with Gasteiger partial charge in [-0.15, -0.1) is 0 Å². The molecule has 28 heavy (non-hydrogen) atoms. The first-order valence-corrected chi connectivity index (χ1v) is 10.4. The van der Waals surface area contributed by atoms with E-state index in [1.165, 1.54) is 6.07 Å². The molecule has 0 aliphatic heterocycles. The smallest absolute Gasteiger partial charge is 0.220 e. The molecule has 2 aromatic carbocycles. The molecule has 0 saturated heterocycles. The Hall–Kier alpha value is -2.31. The summed E-state index contributed by atoms with van der Waals surface area (Å²) < 4.78 is 19.2. The van der Waals surface area contributed by atoms with Crippen molar-refractivity contribution < 1.29 is 13.6 Å². The van der Waals surface area contributed by atoms with Gasteiger partial charge in [-0.25, -0.2) is 9.37 Å². The Bertz CT molecular complexity index is 915. The quantitative estimate of drug-likeness (QED) is 0.490. The summed E-state index contributed by atoms with van der Waals surface area (Å²) in [4.78, 5) is 16.2. The number of carbonyl (C=O) groups excluding carboxylic acids is 1. The van der Waals surface area contributed by atoms with Crippen molar-refractivity contribution in [1.29, 1.82) is 0 Å². The standard InChI is InChI=1S/C21H20ClFN2O2S/c22-17-7-5-15(6-8-17)19-13-25-21(27-19)10-9-20(26)24-11-12-28-14-16-3-1-2-4-18(16)23/h1-8,13H,9-12,14H2,(H,24,26). The first kappa shape index (κ1) is 20.4. The summed E-state index contributed by atoms with van der Waals surface area (Å²) >= 11 is 7.46. The fraction of sp³-hybridized carbons (Fsp3) is 0.238. The molecule has 0 aliphatic rings. The highest BCUT2D eigenvalue weighted by Crippen LogP contribution is 2.22. The van der Waals surface area contributed by atoms with Gasteiger partial charge in [-0.1, -0.05) is 29.8 Å². The molecular weight excluding hydrogens is 399 g/mol. The Kier molecular flexibility index (Phi) is 7.51. The zero-order chi connectivity index (χ0) is 19.8. The average Bonchev–Trinajstić information content (AvgIpc) is 3.17. The van der Waals surface area contributed by atoms with Crippen LogP contribution in [0.25, 0.3) is 11.3 Å². The lowest BCUT2D eigenvalue weighted by Gasteiger charge is -2.05. The lowest BCUT2D eigenvalue weighted by atomic mass is 10.2. The molecule has 1 aromatic heterocycles. The van der Waals surface area contributed by atoms with Crippen LogP contribution in [0, 0.1) is 5.82 Å². The second-order valence-electron chi connectivity index (χ2n) is 6.12. The number of benzene rings is 2. The average molecular weight is 419 g/mol. The SMILES string of the molecule is O=C(CCc1ncc(-c2ccc(Cl)cc2)o1)NCCSCc1ccccc1F. The Morgan fingerprint density at radius 3 is 2.75 bits per heavy atom. The number of halogens is 2. The van der Waals surface area contributed by atoms with Crippen LogP contribution in [0.5, 0.6) is 0 Å². The molecule has 0 saturated carbocycles. The minimum Gasteiger partial charge on any atom is -0.441 e. The Morgan fingerprint density at radius 1 is 1.18 bits per heavy atom. The molecule has 7 heteroatoms. The van der Waals surface area contributed by atoms with Crippen molar-refractivity contribution in [3.8, 4) is 11.3 Å². The van der Waals surface area contributed by atoms with Crippen LogP contribution in [-0.2, 0) is 17.0 Å². The molecule has 1 amide bonds.